The summed E-state index contributed by atoms with van der Waals surface area (Å²) in [6.07, 6.45) is 1.72. The number of halogens is 1. The predicted octanol–water partition coefficient (Wildman–Crippen LogP) is 2.14. The van der Waals surface area contributed by atoms with Crippen LogP contribution in [0.3, 0.4) is 0 Å². The van der Waals surface area contributed by atoms with Crippen LogP contribution in [0.5, 0.6) is 0 Å². The van der Waals surface area contributed by atoms with Gasteiger partial charge in [-0.2, -0.15) is 0 Å². The van der Waals surface area contributed by atoms with E-state index in [0.29, 0.717) is 27.7 Å². The lowest BCUT2D eigenvalue weighted by Gasteiger charge is -2.04. The van der Waals surface area contributed by atoms with E-state index in [9.17, 15) is 4.79 Å². The summed E-state index contributed by atoms with van der Waals surface area (Å²) in [5.74, 6) is 0.707. The minimum absolute atomic E-state index is 0.223. The number of nitrogens with one attached hydrogen (secondary N) is 1. The molecule has 2 heterocycles. The highest BCUT2D eigenvalue weighted by Gasteiger charge is 2.11. The third-order valence-corrected chi connectivity index (χ3v) is 3.53. The molecule has 0 spiro atoms. The van der Waals surface area contributed by atoms with E-state index >= 15 is 0 Å². The van der Waals surface area contributed by atoms with Crippen molar-refractivity contribution in [2.24, 2.45) is 0 Å². The Labute approximate surface area is 119 Å². The smallest absolute Gasteiger partial charge is 0.270 e. The standard InChI is InChI=1S/C11H14ClN5OS/c1-3-5-8-13-7(12)6-9(14-8)19-11-16-15-10(18)17(11)4-2/h6H,3-5H2,1-2H3,(H,15,18). The van der Waals surface area contributed by atoms with Gasteiger partial charge < -0.3 is 0 Å². The lowest BCUT2D eigenvalue weighted by atomic mass is 10.3. The molecule has 0 aliphatic heterocycles. The van der Waals surface area contributed by atoms with E-state index in [1.165, 1.54) is 11.8 Å². The van der Waals surface area contributed by atoms with Crippen molar-refractivity contribution in [3.8, 4) is 0 Å². The summed E-state index contributed by atoms with van der Waals surface area (Å²) in [7, 11) is 0. The van der Waals surface area contributed by atoms with E-state index in [-0.39, 0.29) is 5.69 Å². The van der Waals surface area contributed by atoms with Crippen LogP contribution in [0.15, 0.2) is 21.0 Å². The third-order valence-electron chi connectivity index (χ3n) is 2.43. The fourth-order valence-corrected chi connectivity index (χ4v) is 2.77. The first-order valence-corrected chi connectivity index (χ1v) is 7.20. The summed E-state index contributed by atoms with van der Waals surface area (Å²) < 4.78 is 1.54. The second kappa shape index (κ2) is 6.21. The van der Waals surface area contributed by atoms with E-state index < -0.39 is 0 Å². The lowest BCUT2D eigenvalue weighted by molar-refractivity contribution is 0.659. The van der Waals surface area contributed by atoms with Gasteiger partial charge in [-0.3, -0.25) is 4.57 Å². The van der Waals surface area contributed by atoms with Gasteiger partial charge in [-0.1, -0.05) is 18.5 Å². The largest absolute Gasteiger partial charge is 0.343 e. The normalized spacial score (nSPS) is 10.9. The molecule has 19 heavy (non-hydrogen) atoms. The average Bonchev–Trinajstić information content (AvgIpc) is 2.69. The van der Waals surface area contributed by atoms with Crippen LogP contribution in [-0.4, -0.2) is 24.7 Å². The van der Waals surface area contributed by atoms with Gasteiger partial charge in [-0.05, 0) is 25.1 Å². The minimum Gasteiger partial charge on any atom is -0.270 e. The van der Waals surface area contributed by atoms with Crippen molar-refractivity contribution < 1.29 is 0 Å². The van der Waals surface area contributed by atoms with Crippen molar-refractivity contribution in [3.05, 3.63) is 27.5 Å². The van der Waals surface area contributed by atoms with Crippen LogP contribution >= 0.6 is 23.4 Å². The Morgan fingerprint density at radius 1 is 1.42 bits per heavy atom. The summed E-state index contributed by atoms with van der Waals surface area (Å²) in [5.41, 5.74) is -0.223. The van der Waals surface area contributed by atoms with Gasteiger partial charge in [0.25, 0.3) is 0 Å². The molecule has 0 aliphatic rings. The van der Waals surface area contributed by atoms with Crippen LogP contribution in [0.4, 0.5) is 0 Å². The van der Waals surface area contributed by atoms with Gasteiger partial charge in [0.2, 0.25) is 0 Å². The maximum atomic E-state index is 11.5. The number of hydrogen-bond donors (Lipinski definition) is 1. The summed E-state index contributed by atoms with van der Waals surface area (Å²) in [4.78, 5) is 20.0. The second-order valence-corrected chi connectivity index (χ2v) is 5.23. The molecule has 8 heteroatoms. The SMILES string of the molecule is CCCc1nc(Cl)cc(Sc2n[nH]c(=O)n2CC)n1. The molecule has 6 nitrogen and oxygen atoms in total. The molecule has 0 atom stereocenters. The highest BCUT2D eigenvalue weighted by atomic mass is 35.5. The predicted molar refractivity (Wildman–Crippen MR) is 73.7 cm³/mol. The van der Waals surface area contributed by atoms with Crippen LogP contribution < -0.4 is 5.69 Å². The summed E-state index contributed by atoms with van der Waals surface area (Å²) in [5, 5.41) is 8.07. The molecular formula is C11H14ClN5OS. The average molecular weight is 300 g/mol. The van der Waals surface area contributed by atoms with Gasteiger partial charge in [-0.15, -0.1) is 5.10 Å². The Hall–Kier alpha value is -1.34. The zero-order chi connectivity index (χ0) is 13.8. The van der Waals surface area contributed by atoms with E-state index in [1.807, 2.05) is 6.92 Å². The van der Waals surface area contributed by atoms with Crippen LogP contribution in [0.2, 0.25) is 5.15 Å². The molecule has 0 saturated heterocycles. The number of aromatic nitrogens is 5. The molecule has 0 radical (unpaired) electrons. The highest BCUT2D eigenvalue weighted by Crippen LogP contribution is 2.25. The van der Waals surface area contributed by atoms with Crippen molar-refractivity contribution >= 4 is 23.4 Å². The Morgan fingerprint density at radius 2 is 2.21 bits per heavy atom. The first-order valence-electron chi connectivity index (χ1n) is 6.00. The molecule has 0 saturated carbocycles. The molecule has 1 N–H and O–H groups in total. The van der Waals surface area contributed by atoms with Crippen molar-refractivity contribution in [3.63, 3.8) is 0 Å². The molecule has 0 aliphatic carbocycles. The maximum Gasteiger partial charge on any atom is 0.343 e. The highest BCUT2D eigenvalue weighted by molar-refractivity contribution is 7.99. The number of hydrogen-bond acceptors (Lipinski definition) is 5. The molecule has 102 valence electrons. The fourth-order valence-electron chi connectivity index (χ4n) is 1.58. The monoisotopic (exact) mass is 299 g/mol. The second-order valence-electron chi connectivity index (χ2n) is 3.85. The van der Waals surface area contributed by atoms with Gasteiger partial charge in [-0.25, -0.2) is 19.9 Å². The van der Waals surface area contributed by atoms with Crippen molar-refractivity contribution in [2.75, 3.05) is 0 Å². The Balaban J connectivity index is 2.29. The number of nitrogens with zero attached hydrogens (tertiary/aromatic N) is 4. The van der Waals surface area contributed by atoms with Crippen molar-refractivity contribution in [2.45, 2.75) is 43.4 Å². The number of aromatic amines is 1. The molecule has 0 fully saturated rings. The summed E-state index contributed by atoms with van der Waals surface area (Å²) in [6, 6.07) is 1.67. The Kier molecular flexibility index (Phi) is 4.60. The van der Waals surface area contributed by atoms with E-state index in [0.717, 1.165) is 12.8 Å². The molecule has 0 amide bonds. The topological polar surface area (TPSA) is 76.5 Å². The molecule has 0 unspecified atom stereocenters. The molecule has 2 aromatic rings. The molecular weight excluding hydrogens is 286 g/mol. The minimum atomic E-state index is -0.223. The van der Waals surface area contributed by atoms with E-state index in [4.69, 9.17) is 11.6 Å². The van der Waals surface area contributed by atoms with E-state index in [1.54, 1.807) is 10.6 Å². The van der Waals surface area contributed by atoms with Gasteiger partial charge >= 0.3 is 5.69 Å². The quantitative estimate of drug-likeness (QED) is 0.856. The summed E-state index contributed by atoms with van der Waals surface area (Å²) >= 11 is 7.27. The number of aryl methyl sites for hydroxylation is 1. The first kappa shape index (κ1) is 14.1. The fraction of sp³-hybridized carbons (Fsp3) is 0.455. The van der Waals surface area contributed by atoms with Crippen molar-refractivity contribution in [1.29, 1.82) is 0 Å². The third kappa shape index (κ3) is 3.36. The zero-order valence-electron chi connectivity index (χ0n) is 10.7. The Bertz CT molecular complexity index is 624. The Morgan fingerprint density at radius 3 is 2.89 bits per heavy atom. The zero-order valence-corrected chi connectivity index (χ0v) is 12.3. The van der Waals surface area contributed by atoms with Crippen LogP contribution in [-0.2, 0) is 13.0 Å². The van der Waals surface area contributed by atoms with Crippen molar-refractivity contribution in [1.82, 2.24) is 24.7 Å². The van der Waals surface area contributed by atoms with Crippen LogP contribution in [0.1, 0.15) is 26.1 Å². The lowest BCUT2D eigenvalue weighted by Crippen LogP contribution is -2.16. The van der Waals surface area contributed by atoms with Crippen LogP contribution in [0, 0.1) is 0 Å². The number of H-pyrrole nitrogens is 1. The molecule has 0 bridgehead atoms. The van der Waals surface area contributed by atoms with Gasteiger partial charge in [0.05, 0.1) is 0 Å². The molecule has 2 rings (SSSR count). The first-order chi connectivity index (χ1) is 9.13. The molecule has 2 aromatic heterocycles. The van der Waals surface area contributed by atoms with Crippen LogP contribution in [0.25, 0.3) is 0 Å². The van der Waals surface area contributed by atoms with Gasteiger partial charge in [0.1, 0.15) is 16.0 Å². The van der Waals surface area contributed by atoms with Gasteiger partial charge in [0.15, 0.2) is 5.16 Å². The van der Waals surface area contributed by atoms with E-state index in [2.05, 4.69) is 27.1 Å². The molecule has 0 aromatic carbocycles. The summed E-state index contributed by atoms with van der Waals surface area (Å²) in [6.45, 7) is 4.49. The van der Waals surface area contributed by atoms with Gasteiger partial charge in [0, 0.05) is 19.0 Å². The maximum absolute atomic E-state index is 11.5. The number of rotatable bonds is 5.